The molecule has 5 aromatic rings. The standard InChI is InChI=1S/C24H25N9O/c1-30-13-16(10-26-30)33-12-15-5-4-6-20(21(15)29-33)31(2)24(34)14-7-8-19-17(9-14)22-18(23(25)28-19)11-27-32(22)3/h7-13,20H,4-6H2,1-3H3,(H2,25,28). The summed E-state index contributed by atoms with van der Waals surface area (Å²) >= 11 is 0. The number of amides is 1. The van der Waals surface area contributed by atoms with Crippen LogP contribution in [0.1, 0.15) is 40.5 Å². The molecule has 1 aliphatic rings. The van der Waals surface area contributed by atoms with E-state index >= 15 is 0 Å². The van der Waals surface area contributed by atoms with Crippen molar-refractivity contribution in [2.24, 2.45) is 14.1 Å². The van der Waals surface area contributed by atoms with Crippen molar-refractivity contribution < 1.29 is 4.79 Å². The highest BCUT2D eigenvalue weighted by molar-refractivity contribution is 6.10. The molecule has 0 radical (unpaired) electrons. The van der Waals surface area contributed by atoms with E-state index < -0.39 is 0 Å². The Hall–Kier alpha value is -4.21. The van der Waals surface area contributed by atoms with E-state index in [-0.39, 0.29) is 11.9 Å². The zero-order valence-electron chi connectivity index (χ0n) is 19.3. The van der Waals surface area contributed by atoms with Gasteiger partial charge in [-0.3, -0.25) is 14.2 Å². The van der Waals surface area contributed by atoms with Crippen LogP contribution in [-0.2, 0) is 20.5 Å². The van der Waals surface area contributed by atoms with Crippen LogP contribution in [0.15, 0.2) is 43.0 Å². The van der Waals surface area contributed by atoms with Gasteiger partial charge in [-0.15, -0.1) is 0 Å². The Morgan fingerprint density at radius 3 is 2.79 bits per heavy atom. The molecule has 172 valence electrons. The van der Waals surface area contributed by atoms with Gasteiger partial charge in [-0.2, -0.15) is 15.3 Å². The maximum absolute atomic E-state index is 13.6. The van der Waals surface area contributed by atoms with Crippen molar-refractivity contribution in [1.82, 2.24) is 39.2 Å². The van der Waals surface area contributed by atoms with Gasteiger partial charge < -0.3 is 10.6 Å². The molecule has 6 rings (SSSR count). The van der Waals surface area contributed by atoms with Crippen molar-refractivity contribution in [3.8, 4) is 5.69 Å². The number of pyridine rings is 1. The summed E-state index contributed by atoms with van der Waals surface area (Å²) in [5.74, 6) is 0.383. The van der Waals surface area contributed by atoms with E-state index in [9.17, 15) is 4.79 Å². The van der Waals surface area contributed by atoms with Gasteiger partial charge in [-0.25, -0.2) is 9.67 Å². The normalized spacial score (nSPS) is 15.7. The van der Waals surface area contributed by atoms with Crippen molar-refractivity contribution in [2.45, 2.75) is 25.3 Å². The number of fused-ring (bicyclic) bond motifs is 4. The second-order valence-electron chi connectivity index (χ2n) is 8.94. The molecular formula is C24H25N9O. The highest BCUT2D eigenvalue weighted by Gasteiger charge is 2.30. The van der Waals surface area contributed by atoms with Gasteiger partial charge in [0.1, 0.15) is 11.5 Å². The largest absolute Gasteiger partial charge is 0.383 e. The molecule has 2 N–H and O–H groups in total. The van der Waals surface area contributed by atoms with E-state index in [1.54, 1.807) is 21.8 Å². The van der Waals surface area contributed by atoms with E-state index in [0.717, 1.165) is 52.4 Å². The number of aryl methyl sites for hydroxylation is 3. The van der Waals surface area contributed by atoms with Crippen molar-refractivity contribution >= 4 is 33.5 Å². The number of aromatic nitrogens is 7. The Balaban J connectivity index is 1.37. The zero-order chi connectivity index (χ0) is 23.6. The molecule has 1 aromatic carbocycles. The molecule has 0 saturated carbocycles. The maximum Gasteiger partial charge on any atom is 0.254 e. The molecule has 10 heteroatoms. The van der Waals surface area contributed by atoms with Crippen molar-refractivity contribution in [2.75, 3.05) is 12.8 Å². The molecule has 1 atom stereocenters. The summed E-state index contributed by atoms with van der Waals surface area (Å²) in [6, 6.07) is 5.46. The predicted octanol–water partition coefficient (Wildman–Crippen LogP) is 2.77. The van der Waals surface area contributed by atoms with Crippen LogP contribution in [0.2, 0.25) is 0 Å². The number of nitrogen functional groups attached to an aromatic ring is 1. The summed E-state index contributed by atoms with van der Waals surface area (Å²) in [5.41, 5.74) is 11.4. The number of nitrogens with zero attached hydrogens (tertiary/aromatic N) is 8. The second kappa shape index (κ2) is 7.41. The molecule has 1 aliphatic carbocycles. The summed E-state index contributed by atoms with van der Waals surface area (Å²) in [7, 11) is 5.61. The number of hydrogen-bond donors (Lipinski definition) is 1. The van der Waals surface area contributed by atoms with Crippen LogP contribution in [0.25, 0.3) is 27.5 Å². The topological polar surface area (TPSA) is 113 Å². The molecule has 0 bridgehead atoms. The first kappa shape index (κ1) is 20.4. The first-order valence-corrected chi connectivity index (χ1v) is 11.3. The van der Waals surface area contributed by atoms with E-state index in [2.05, 4.69) is 21.4 Å². The van der Waals surface area contributed by atoms with E-state index in [1.165, 1.54) is 5.56 Å². The zero-order valence-corrected chi connectivity index (χ0v) is 19.3. The van der Waals surface area contributed by atoms with Crippen LogP contribution >= 0.6 is 0 Å². The first-order valence-electron chi connectivity index (χ1n) is 11.3. The Morgan fingerprint density at radius 1 is 1.15 bits per heavy atom. The third kappa shape index (κ3) is 3.06. The SMILES string of the molecule is CN(C(=O)c1ccc2nc(N)c3cnn(C)c3c2c1)C1CCCc2cn(-c3cnn(C)c3)nc21. The van der Waals surface area contributed by atoms with E-state index in [1.807, 2.05) is 55.1 Å². The Kier molecular flexibility index (Phi) is 4.44. The molecule has 0 saturated heterocycles. The minimum atomic E-state index is -0.0915. The number of nitrogens with two attached hydrogens (primary N) is 1. The van der Waals surface area contributed by atoms with E-state index in [4.69, 9.17) is 10.8 Å². The van der Waals surface area contributed by atoms with Gasteiger partial charge in [-0.1, -0.05) is 0 Å². The lowest BCUT2D eigenvalue weighted by molar-refractivity contribution is 0.0711. The smallest absolute Gasteiger partial charge is 0.254 e. The van der Waals surface area contributed by atoms with Gasteiger partial charge >= 0.3 is 0 Å². The molecule has 4 aromatic heterocycles. The third-order valence-electron chi connectivity index (χ3n) is 6.76. The maximum atomic E-state index is 13.6. The van der Waals surface area contributed by atoms with E-state index in [0.29, 0.717) is 11.4 Å². The molecule has 0 aliphatic heterocycles. The lowest BCUT2D eigenvalue weighted by atomic mass is 9.92. The van der Waals surface area contributed by atoms with Crippen molar-refractivity contribution in [1.29, 1.82) is 0 Å². The fourth-order valence-corrected chi connectivity index (χ4v) is 4.99. The van der Waals surface area contributed by atoms with Gasteiger partial charge in [0.15, 0.2) is 0 Å². The molecule has 4 heterocycles. The number of rotatable bonds is 3. The quantitative estimate of drug-likeness (QED) is 0.448. The highest BCUT2D eigenvalue weighted by Crippen LogP contribution is 2.35. The molecule has 1 unspecified atom stereocenters. The lowest BCUT2D eigenvalue weighted by Gasteiger charge is -2.30. The molecule has 0 fully saturated rings. The third-order valence-corrected chi connectivity index (χ3v) is 6.76. The van der Waals surface area contributed by atoms with Crippen LogP contribution in [0.3, 0.4) is 0 Å². The molecule has 0 spiro atoms. The molecule has 10 nitrogen and oxygen atoms in total. The summed E-state index contributed by atoms with van der Waals surface area (Å²) in [6.45, 7) is 0. The number of carbonyl (C=O) groups is 1. The summed E-state index contributed by atoms with van der Waals surface area (Å²) in [5, 5.41) is 15.1. The van der Waals surface area contributed by atoms with Gasteiger partial charge in [0, 0.05) is 38.3 Å². The summed E-state index contributed by atoms with van der Waals surface area (Å²) < 4.78 is 5.39. The van der Waals surface area contributed by atoms with Crippen LogP contribution in [-0.4, -0.2) is 52.2 Å². The Bertz CT molecular complexity index is 1570. The fraction of sp³-hybridized carbons (Fsp3) is 0.292. The number of carbonyl (C=O) groups excluding carboxylic acids is 1. The second-order valence-corrected chi connectivity index (χ2v) is 8.94. The number of benzene rings is 1. The van der Waals surface area contributed by atoms with Gasteiger partial charge in [-0.05, 0) is 43.0 Å². The Labute approximate surface area is 195 Å². The monoisotopic (exact) mass is 455 g/mol. The van der Waals surface area contributed by atoms with Crippen molar-refractivity contribution in [3.63, 3.8) is 0 Å². The average Bonchev–Trinajstić information content (AvgIpc) is 3.56. The van der Waals surface area contributed by atoms with Gasteiger partial charge in [0.2, 0.25) is 0 Å². The summed E-state index contributed by atoms with van der Waals surface area (Å²) in [4.78, 5) is 19.9. The molecular weight excluding hydrogens is 430 g/mol. The molecule has 1 amide bonds. The lowest BCUT2D eigenvalue weighted by Crippen LogP contribution is -2.33. The van der Waals surface area contributed by atoms with Crippen LogP contribution in [0.5, 0.6) is 0 Å². The van der Waals surface area contributed by atoms with Crippen LogP contribution in [0.4, 0.5) is 5.82 Å². The predicted molar refractivity (Wildman–Crippen MR) is 129 cm³/mol. The number of anilines is 1. The van der Waals surface area contributed by atoms with Gasteiger partial charge in [0.05, 0.1) is 46.7 Å². The van der Waals surface area contributed by atoms with Gasteiger partial charge in [0.25, 0.3) is 5.91 Å². The Morgan fingerprint density at radius 2 is 2.00 bits per heavy atom. The summed E-state index contributed by atoms with van der Waals surface area (Å²) in [6.07, 6.45) is 10.3. The highest BCUT2D eigenvalue weighted by atomic mass is 16.2. The average molecular weight is 456 g/mol. The number of hydrogen-bond acceptors (Lipinski definition) is 6. The minimum absolute atomic E-state index is 0.0529. The first-order chi connectivity index (χ1) is 16.4. The molecule has 34 heavy (non-hydrogen) atoms. The van der Waals surface area contributed by atoms with Crippen molar-refractivity contribution in [3.05, 3.63) is 59.8 Å². The minimum Gasteiger partial charge on any atom is -0.383 e. The van der Waals surface area contributed by atoms with Crippen LogP contribution in [0, 0.1) is 0 Å². The fourth-order valence-electron chi connectivity index (χ4n) is 4.99. The van der Waals surface area contributed by atoms with Crippen LogP contribution < -0.4 is 5.73 Å².